The number of benzene rings is 1. The van der Waals surface area contributed by atoms with Gasteiger partial charge >= 0.3 is 5.97 Å². The molecular weight excluding hydrogens is 318 g/mol. The normalized spacial score (nSPS) is 32.6. The molecule has 3 rings (SSSR count). The second kappa shape index (κ2) is 6.13. The number of carboxylic acid groups (broad SMARTS) is 1. The van der Waals surface area contributed by atoms with E-state index >= 15 is 0 Å². The first-order chi connectivity index (χ1) is 11.7. The van der Waals surface area contributed by atoms with Crippen molar-refractivity contribution in [3.05, 3.63) is 35.4 Å². The van der Waals surface area contributed by atoms with Crippen LogP contribution in [0, 0.1) is 18.3 Å². The molecule has 0 aromatic heterocycles. The zero-order valence-electron chi connectivity index (χ0n) is 15.3. The fourth-order valence-corrected chi connectivity index (χ4v) is 4.17. The van der Waals surface area contributed by atoms with Crippen molar-refractivity contribution >= 4 is 11.9 Å². The van der Waals surface area contributed by atoms with Crippen LogP contribution in [-0.2, 0) is 14.3 Å². The Morgan fingerprint density at radius 3 is 2.56 bits per heavy atom. The Balaban J connectivity index is 1.72. The van der Waals surface area contributed by atoms with Gasteiger partial charge in [0.1, 0.15) is 5.54 Å². The molecular formula is C20H27NO4. The number of carbonyl (C=O) groups is 2. The number of amides is 1. The van der Waals surface area contributed by atoms with Crippen LogP contribution in [0.1, 0.15) is 50.7 Å². The van der Waals surface area contributed by atoms with Crippen LogP contribution in [0.15, 0.2) is 24.3 Å². The van der Waals surface area contributed by atoms with Crippen molar-refractivity contribution in [2.24, 2.45) is 11.3 Å². The molecule has 2 saturated carbocycles. The first-order valence-electron chi connectivity index (χ1n) is 8.97. The van der Waals surface area contributed by atoms with Crippen molar-refractivity contribution in [1.82, 2.24) is 5.32 Å². The van der Waals surface area contributed by atoms with Crippen molar-refractivity contribution in [1.29, 1.82) is 0 Å². The van der Waals surface area contributed by atoms with Crippen molar-refractivity contribution in [3.8, 4) is 0 Å². The predicted octanol–water partition coefficient (Wildman–Crippen LogP) is 2.87. The molecule has 2 aliphatic rings. The lowest BCUT2D eigenvalue weighted by molar-refractivity contribution is -0.194. The molecule has 0 aliphatic heterocycles. The van der Waals surface area contributed by atoms with Crippen molar-refractivity contribution < 1.29 is 19.4 Å². The Bertz CT molecular complexity index is 699. The van der Waals surface area contributed by atoms with E-state index in [9.17, 15) is 14.7 Å². The maximum Gasteiger partial charge on any atom is 0.330 e. The summed E-state index contributed by atoms with van der Waals surface area (Å²) in [5.41, 5.74) is 0.476. The maximum atomic E-state index is 12.8. The van der Waals surface area contributed by atoms with Crippen LogP contribution >= 0.6 is 0 Å². The highest BCUT2D eigenvalue weighted by atomic mass is 16.5. The first-order valence-corrected chi connectivity index (χ1v) is 8.97. The van der Waals surface area contributed by atoms with E-state index < -0.39 is 16.9 Å². The van der Waals surface area contributed by atoms with Crippen LogP contribution in [-0.4, -0.2) is 35.2 Å². The number of hydrogen-bond donors (Lipinski definition) is 2. The van der Waals surface area contributed by atoms with Crippen molar-refractivity contribution in [2.45, 2.75) is 58.1 Å². The Labute approximate surface area is 148 Å². The van der Waals surface area contributed by atoms with Gasteiger partial charge in [0.05, 0.1) is 6.10 Å². The first kappa shape index (κ1) is 17.9. The number of carbonyl (C=O) groups excluding carboxylic acids is 1. The van der Waals surface area contributed by atoms with E-state index in [1.807, 2.05) is 45.9 Å². The summed E-state index contributed by atoms with van der Waals surface area (Å²) in [5.74, 6) is -1.08. The highest BCUT2D eigenvalue weighted by Crippen LogP contribution is 2.53. The topological polar surface area (TPSA) is 75.6 Å². The van der Waals surface area contributed by atoms with E-state index in [0.717, 1.165) is 6.42 Å². The van der Waals surface area contributed by atoms with E-state index in [0.29, 0.717) is 13.0 Å². The van der Waals surface area contributed by atoms with Crippen LogP contribution in [0.3, 0.4) is 0 Å². The summed E-state index contributed by atoms with van der Waals surface area (Å²) < 4.78 is 5.65. The van der Waals surface area contributed by atoms with Gasteiger partial charge in [-0.05, 0) is 37.3 Å². The number of aliphatic carboxylic acids is 1. The molecule has 2 N–H and O–H groups in total. The molecule has 0 bridgehead atoms. The minimum absolute atomic E-state index is 0.140. The lowest BCUT2D eigenvalue weighted by Gasteiger charge is -2.58. The van der Waals surface area contributed by atoms with Crippen LogP contribution in [0.4, 0.5) is 0 Å². The smallest absolute Gasteiger partial charge is 0.330 e. The van der Waals surface area contributed by atoms with Gasteiger partial charge in [-0.15, -0.1) is 0 Å². The SMILES string of the molecule is CCOC1CC(NC(=O)C2CC2c2ccccc2C)(C(=O)O)C1(C)C. The van der Waals surface area contributed by atoms with Gasteiger partial charge in [-0.1, -0.05) is 38.1 Å². The summed E-state index contributed by atoms with van der Waals surface area (Å²) in [6.07, 6.45) is 0.943. The Hall–Kier alpha value is -1.88. The maximum absolute atomic E-state index is 12.8. The van der Waals surface area contributed by atoms with Gasteiger partial charge in [0.15, 0.2) is 0 Å². The molecule has 25 heavy (non-hydrogen) atoms. The lowest BCUT2D eigenvalue weighted by Crippen LogP contribution is -2.76. The highest BCUT2D eigenvalue weighted by Gasteiger charge is 2.67. The predicted molar refractivity (Wildman–Crippen MR) is 94.3 cm³/mol. The molecule has 136 valence electrons. The third kappa shape index (κ3) is 2.74. The fraction of sp³-hybridized carbons (Fsp3) is 0.600. The molecule has 1 aromatic rings. The van der Waals surface area contributed by atoms with Gasteiger partial charge in [-0.25, -0.2) is 4.79 Å². The van der Waals surface area contributed by atoms with Crippen LogP contribution in [0.2, 0.25) is 0 Å². The fourth-order valence-electron chi connectivity index (χ4n) is 4.17. The largest absolute Gasteiger partial charge is 0.479 e. The average molecular weight is 345 g/mol. The van der Waals surface area contributed by atoms with Crippen LogP contribution in [0.5, 0.6) is 0 Å². The van der Waals surface area contributed by atoms with E-state index in [1.165, 1.54) is 11.1 Å². The third-order valence-corrected chi connectivity index (χ3v) is 6.18. The number of hydrogen-bond acceptors (Lipinski definition) is 3. The Kier molecular flexibility index (Phi) is 4.40. The quantitative estimate of drug-likeness (QED) is 0.831. The Morgan fingerprint density at radius 2 is 2.00 bits per heavy atom. The third-order valence-electron chi connectivity index (χ3n) is 6.18. The van der Waals surface area contributed by atoms with Gasteiger partial charge in [0, 0.05) is 24.4 Å². The van der Waals surface area contributed by atoms with Crippen LogP contribution < -0.4 is 5.32 Å². The standard InChI is InChI=1S/C20H27NO4/c1-5-25-16-11-20(18(23)24,19(16,3)4)21-17(22)15-10-14(15)13-9-7-6-8-12(13)2/h6-9,14-16H,5,10-11H2,1-4H3,(H,21,22)(H,23,24). The molecule has 5 nitrogen and oxygen atoms in total. The number of aryl methyl sites for hydroxylation is 1. The summed E-state index contributed by atoms with van der Waals surface area (Å²) in [6, 6.07) is 8.07. The molecule has 4 unspecified atom stereocenters. The van der Waals surface area contributed by atoms with Gasteiger partial charge in [0.25, 0.3) is 0 Å². The average Bonchev–Trinajstić information content (AvgIpc) is 3.34. The molecule has 5 heteroatoms. The highest BCUT2D eigenvalue weighted by molar-refractivity contribution is 5.92. The van der Waals surface area contributed by atoms with E-state index in [4.69, 9.17) is 4.74 Å². The van der Waals surface area contributed by atoms with Gasteiger partial charge in [-0.3, -0.25) is 4.79 Å². The lowest BCUT2D eigenvalue weighted by atomic mass is 9.54. The summed E-state index contributed by atoms with van der Waals surface area (Å²) in [6.45, 7) is 8.19. The molecule has 0 spiro atoms. The Morgan fingerprint density at radius 1 is 1.32 bits per heavy atom. The second-order valence-electron chi connectivity index (χ2n) is 7.87. The number of nitrogens with one attached hydrogen (secondary N) is 1. The molecule has 4 atom stereocenters. The zero-order chi connectivity index (χ0) is 18.4. The number of rotatable bonds is 6. The van der Waals surface area contributed by atoms with Gasteiger partial charge in [-0.2, -0.15) is 0 Å². The van der Waals surface area contributed by atoms with E-state index in [1.54, 1.807) is 0 Å². The van der Waals surface area contributed by atoms with Crippen LogP contribution in [0.25, 0.3) is 0 Å². The summed E-state index contributed by atoms with van der Waals surface area (Å²) in [7, 11) is 0. The monoisotopic (exact) mass is 345 g/mol. The molecule has 0 heterocycles. The number of ether oxygens (including phenoxy) is 1. The van der Waals surface area contributed by atoms with E-state index in [-0.39, 0.29) is 23.8 Å². The summed E-state index contributed by atoms with van der Waals surface area (Å²) in [5, 5.41) is 12.7. The summed E-state index contributed by atoms with van der Waals surface area (Å²) in [4.78, 5) is 24.7. The van der Waals surface area contributed by atoms with Gasteiger partial charge < -0.3 is 15.2 Å². The van der Waals surface area contributed by atoms with Gasteiger partial charge in [0.2, 0.25) is 5.91 Å². The van der Waals surface area contributed by atoms with Crippen molar-refractivity contribution in [2.75, 3.05) is 6.61 Å². The summed E-state index contributed by atoms with van der Waals surface area (Å²) >= 11 is 0. The molecule has 0 radical (unpaired) electrons. The molecule has 0 saturated heterocycles. The minimum atomic E-state index is -1.25. The number of carboxylic acids is 1. The van der Waals surface area contributed by atoms with Crippen molar-refractivity contribution in [3.63, 3.8) is 0 Å². The zero-order valence-corrected chi connectivity index (χ0v) is 15.3. The molecule has 1 aromatic carbocycles. The van der Waals surface area contributed by atoms with E-state index in [2.05, 4.69) is 11.4 Å². The molecule has 2 fully saturated rings. The molecule has 1 amide bonds. The second-order valence-corrected chi connectivity index (χ2v) is 7.87. The molecule has 2 aliphatic carbocycles. The minimum Gasteiger partial charge on any atom is -0.479 e.